The van der Waals surface area contributed by atoms with Gasteiger partial charge in [-0.3, -0.25) is 4.79 Å². The van der Waals surface area contributed by atoms with Crippen LogP contribution in [0.2, 0.25) is 0 Å². The van der Waals surface area contributed by atoms with E-state index < -0.39 is 0 Å². The highest BCUT2D eigenvalue weighted by Crippen LogP contribution is 2.23. The molecule has 24 heavy (non-hydrogen) atoms. The molecule has 0 unspecified atom stereocenters. The Morgan fingerprint density at radius 3 is 1.96 bits per heavy atom. The van der Waals surface area contributed by atoms with Crippen LogP contribution in [0.5, 0.6) is 0 Å². The van der Waals surface area contributed by atoms with Gasteiger partial charge in [-0.05, 0) is 43.0 Å². The molecule has 0 spiro atoms. The lowest BCUT2D eigenvalue weighted by atomic mass is 9.93. The van der Waals surface area contributed by atoms with Gasteiger partial charge in [0.15, 0.2) is 0 Å². The van der Waals surface area contributed by atoms with E-state index in [0.29, 0.717) is 12.3 Å². The number of nitrogens with one attached hydrogen (secondary N) is 2. The number of halogens is 1. The van der Waals surface area contributed by atoms with Crippen LogP contribution in [0.4, 0.5) is 0 Å². The summed E-state index contributed by atoms with van der Waals surface area (Å²) >= 11 is 0. The van der Waals surface area contributed by atoms with Crippen LogP contribution >= 0.6 is 12.4 Å². The lowest BCUT2D eigenvalue weighted by Gasteiger charge is -2.24. The molecule has 2 N–H and O–H groups in total. The summed E-state index contributed by atoms with van der Waals surface area (Å²) in [4.78, 5) is 12.5. The first-order chi connectivity index (χ1) is 11.3. The highest BCUT2D eigenvalue weighted by Gasteiger charge is 2.20. The van der Waals surface area contributed by atoms with Crippen molar-refractivity contribution >= 4 is 18.3 Å². The summed E-state index contributed by atoms with van der Waals surface area (Å²) in [6.45, 7) is 2.05. The Balaban J connectivity index is 0.00000208. The van der Waals surface area contributed by atoms with Gasteiger partial charge in [0.1, 0.15) is 0 Å². The van der Waals surface area contributed by atoms with Crippen LogP contribution in [-0.2, 0) is 4.79 Å². The minimum absolute atomic E-state index is 0. The monoisotopic (exact) mass is 344 g/mol. The number of hydrogen-bond acceptors (Lipinski definition) is 2. The molecule has 1 saturated heterocycles. The summed E-state index contributed by atoms with van der Waals surface area (Å²) in [7, 11) is 0. The molecule has 1 amide bonds. The van der Waals surface area contributed by atoms with Gasteiger partial charge in [-0.25, -0.2) is 0 Å². The first kappa shape index (κ1) is 18.5. The van der Waals surface area contributed by atoms with E-state index in [-0.39, 0.29) is 24.4 Å². The van der Waals surface area contributed by atoms with Crippen molar-refractivity contribution in [3.05, 3.63) is 71.8 Å². The van der Waals surface area contributed by atoms with Crippen LogP contribution in [0, 0.1) is 5.92 Å². The molecule has 3 rings (SSSR count). The molecule has 0 radical (unpaired) electrons. The number of hydrogen-bond donors (Lipinski definition) is 2. The molecule has 1 aliphatic heterocycles. The van der Waals surface area contributed by atoms with Crippen LogP contribution in [0.3, 0.4) is 0 Å². The smallest absolute Gasteiger partial charge is 0.221 e. The Kier molecular flexibility index (Phi) is 7.29. The first-order valence-corrected chi connectivity index (χ1v) is 8.43. The Morgan fingerprint density at radius 1 is 0.958 bits per heavy atom. The molecule has 0 atom stereocenters. The molecule has 0 saturated carbocycles. The molecule has 128 valence electrons. The maximum atomic E-state index is 12.5. The highest BCUT2D eigenvalue weighted by atomic mass is 35.5. The molecular formula is C20H25ClN2O. The maximum absolute atomic E-state index is 12.5. The van der Waals surface area contributed by atoms with E-state index in [1.807, 2.05) is 36.4 Å². The van der Waals surface area contributed by atoms with Crippen molar-refractivity contribution in [3.63, 3.8) is 0 Å². The molecule has 1 fully saturated rings. The van der Waals surface area contributed by atoms with E-state index in [4.69, 9.17) is 0 Å². The fourth-order valence-electron chi connectivity index (χ4n) is 3.22. The van der Waals surface area contributed by atoms with Crippen molar-refractivity contribution in [1.29, 1.82) is 0 Å². The summed E-state index contributed by atoms with van der Waals surface area (Å²) in [6.07, 6.45) is 2.81. The molecule has 3 nitrogen and oxygen atoms in total. The first-order valence-electron chi connectivity index (χ1n) is 8.43. The van der Waals surface area contributed by atoms with E-state index in [9.17, 15) is 4.79 Å². The van der Waals surface area contributed by atoms with Gasteiger partial charge in [-0.15, -0.1) is 12.4 Å². The zero-order valence-electron chi connectivity index (χ0n) is 13.8. The number of rotatable bonds is 5. The predicted molar refractivity (Wildman–Crippen MR) is 100 cm³/mol. The topological polar surface area (TPSA) is 41.1 Å². The number of benzene rings is 2. The molecule has 2 aromatic carbocycles. The van der Waals surface area contributed by atoms with E-state index in [2.05, 4.69) is 34.9 Å². The van der Waals surface area contributed by atoms with Crippen LogP contribution in [0.15, 0.2) is 60.7 Å². The van der Waals surface area contributed by atoms with Gasteiger partial charge in [-0.2, -0.15) is 0 Å². The van der Waals surface area contributed by atoms with Crippen molar-refractivity contribution in [2.45, 2.75) is 25.3 Å². The molecule has 0 aromatic heterocycles. The van der Waals surface area contributed by atoms with Gasteiger partial charge in [-0.1, -0.05) is 60.7 Å². The summed E-state index contributed by atoms with van der Waals surface area (Å²) in [5.74, 6) is 0.651. The van der Waals surface area contributed by atoms with Gasteiger partial charge >= 0.3 is 0 Å². The van der Waals surface area contributed by atoms with Gasteiger partial charge < -0.3 is 10.6 Å². The van der Waals surface area contributed by atoms with Gasteiger partial charge in [0.2, 0.25) is 5.91 Å². The van der Waals surface area contributed by atoms with Crippen molar-refractivity contribution in [1.82, 2.24) is 10.6 Å². The Labute approximate surface area is 150 Å². The second-order valence-electron chi connectivity index (χ2n) is 6.22. The largest absolute Gasteiger partial charge is 0.345 e. The quantitative estimate of drug-likeness (QED) is 0.868. The average molecular weight is 345 g/mol. The van der Waals surface area contributed by atoms with E-state index >= 15 is 0 Å². The van der Waals surface area contributed by atoms with Crippen LogP contribution < -0.4 is 10.6 Å². The van der Waals surface area contributed by atoms with Gasteiger partial charge in [0, 0.05) is 6.42 Å². The summed E-state index contributed by atoms with van der Waals surface area (Å²) in [5, 5.41) is 6.59. The third kappa shape index (κ3) is 5.08. The molecule has 1 aliphatic rings. The fraction of sp³-hybridized carbons (Fsp3) is 0.350. The van der Waals surface area contributed by atoms with Gasteiger partial charge in [0.05, 0.1) is 6.04 Å². The van der Waals surface area contributed by atoms with Crippen LogP contribution in [-0.4, -0.2) is 19.0 Å². The average Bonchev–Trinajstić information content (AvgIpc) is 2.62. The Hall–Kier alpha value is -1.84. The zero-order valence-corrected chi connectivity index (χ0v) is 14.6. The number of carbonyl (C=O) groups excluding carboxylic acids is 1. The Morgan fingerprint density at radius 2 is 1.46 bits per heavy atom. The van der Waals surface area contributed by atoms with E-state index in [1.165, 1.54) is 0 Å². The summed E-state index contributed by atoms with van der Waals surface area (Å²) < 4.78 is 0. The molecule has 4 heteroatoms. The van der Waals surface area contributed by atoms with E-state index in [0.717, 1.165) is 37.1 Å². The Bertz CT molecular complexity index is 573. The SMILES string of the molecule is Cl.O=C(CC1CCNCC1)NC(c1ccccc1)c1ccccc1. The van der Waals surface area contributed by atoms with Crippen LogP contribution in [0.25, 0.3) is 0 Å². The van der Waals surface area contributed by atoms with Gasteiger partial charge in [0.25, 0.3) is 0 Å². The number of carbonyl (C=O) groups is 1. The minimum Gasteiger partial charge on any atom is -0.345 e. The highest BCUT2D eigenvalue weighted by molar-refractivity contribution is 5.85. The molecule has 1 heterocycles. The maximum Gasteiger partial charge on any atom is 0.221 e. The zero-order chi connectivity index (χ0) is 15.9. The van der Waals surface area contributed by atoms with E-state index in [1.54, 1.807) is 0 Å². The molecule has 0 aliphatic carbocycles. The third-order valence-electron chi connectivity index (χ3n) is 4.50. The second-order valence-corrected chi connectivity index (χ2v) is 6.22. The van der Waals surface area contributed by atoms with Crippen molar-refractivity contribution in [2.24, 2.45) is 5.92 Å². The summed E-state index contributed by atoms with van der Waals surface area (Å²) in [6, 6.07) is 20.3. The predicted octanol–water partition coefficient (Wildman–Crippen LogP) is 3.70. The number of amides is 1. The minimum atomic E-state index is -0.0772. The standard InChI is InChI=1S/C20H24N2O.ClH/c23-19(15-16-11-13-21-14-12-16)22-20(17-7-3-1-4-8-17)18-9-5-2-6-10-18;/h1-10,16,20-21H,11-15H2,(H,22,23);1H. The molecule has 2 aromatic rings. The number of piperidine rings is 1. The third-order valence-corrected chi connectivity index (χ3v) is 4.50. The molecular weight excluding hydrogens is 320 g/mol. The van der Waals surface area contributed by atoms with Crippen molar-refractivity contribution < 1.29 is 4.79 Å². The fourth-order valence-corrected chi connectivity index (χ4v) is 3.22. The normalized spacial score (nSPS) is 14.9. The lowest BCUT2D eigenvalue weighted by molar-refractivity contribution is -0.122. The summed E-state index contributed by atoms with van der Waals surface area (Å²) in [5.41, 5.74) is 2.25. The van der Waals surface area contributed by atoms with Crippen molar-refractivity contribution in [2.75, 3.05) is 13.1 Å². The van der Waals surface area contributed by atoms with Crippen molar-refractivity contribution in [3.8, 4) is 0 Å². The lowest BCUT2D eigenvalue weighted by Crippen LogP contribution is -2.34. The second kappa shape index (κ2) is 9.45. The van der Waals surface area contributed by atoms with Crippen LogP contribution in [0.1, 0.15) is 36.4 Å². The molecule has 0 bridgehead atoms.